The zero-order valence-corrected chi connectivity index (χ0v) is 11.3. The number of fused-ring (bicyclic) bond motifs is 2. The highest BCUT2D eigenvalue weighted by atomic mass is 35.5. The lowest BCUT2D eigenvalue weighted by Gasteiger charge is -2.13. The Morgan fingerprint density at radius 3 is 2.17 bits per heavy atom. The first kappa shape index (κ1) is 11.6. The number of halogens is 1. The first-order valence-electron chi connectivity index (χ1n) is 6.28. The van der Waals surface area contributed by atoms with Gasteiger partial charge in [-0.25, -0.2) is 0 Å². The first-order valence-corrected chi connectivity index (χ1v) is 6.65. The van der Waals surface area contributed by atoms with Crippen LogP contribution in [0.25, 0.3) is 21.5 Å². The highest BCUT2D eigenvalue weighted by molar-refractivity contribution is 6.32. The summed E-state index contributed by atoms with van der Waals surface area (Å²) < 4.78 is 0. The van der Waals surface area contributed by atoms with Crippen LogP contribution < -0.4 is 0 Å². The molecular formula is C17H15Cl. The predicted molar refractivity (Wildman–Crippen MR) is 80.6 cm³/mol. The molecule has 0 unspecified atom stereocenters. The summed E-state index contributed by atoms with van der Waals surface area (Å²) in [5.74, 6) is 0.433. The van der Waals surface area contributed by atoms with Crippen LogP contribution in [0.2, 0.25) is 5.02 Å². The summed E-state index contributed by atoms with van der Waals surface area (Å²) in [7, 11) is 0. The van der Waals surface area contributed by atoms with Gasteiger partial charge in [-0.3, -0.25) is 0 Å². The number of benzene rings is 3. The fourth-order valence-electron chi connectivity index (χ4n) is 2.60. The second-order valence-corrected chi connectivity index (χ2v) is 5.44. The van der Waals surface area contributed by atoms with E-state index in [9.17, 15) is 0 Å². The van der Waals surface area contributed by atoms with Gasteiger partial charge in [-0.2, -0.15) is 0 Å². The number of hydrogen-bond donors (Lipinski definition) is 0. The Labute approximate surface area is 112 Å². The summed E-state index contributed by atoms with van der Waals surface area (Å²) in [6, 6.07) is 17.1. The SMILES string of the molecule is CC(C)c1c(Cl)ccc2cc3ccccc3cc12. The largest absolute Gasteiger partial charge is 0.0840 e. The molecule has 0 saturated heterocycles. The fraction of sp³-hybridized carbons (Fsp3) is 0.176. The number of hydrogen-bond acceptors (Lipinski definition) is 0. The highest BCUT2D eigenvalue weighted by Gasteiger charge is 2.10. The minimum atomic E-state index is 0.433. The third-order valence-electron chi connectivity index (χ3n) is 3.45. The van der Waals surface area contributed by atoms with Gasteiger partial charge in [0, 0.05) is 5.02 Å². The van der Waals surface area contributed by atoms with Crippen molar-refractivity contribution in [2.45, 2.75) is 19.8 Å². The summed E-state index contributed by atoms with van der Waals surface area (Å²) in [5, 5.41) is 5.96. The van der Waals surface area contributed by atoms with E-state index in [1.165, 1.54) is 27.1 Å². The van der Waals surface area contributed by atoms with Gasteiger partial charge in [-0.1, -0.05) is 55.8 Å². The zero-order valence-electron chi connectivity index (χ0n) is 10.6. The van der Waals surface area contributed by atoms with Gasteiger partial charge >= 0.3 is 0 Å². The molecule has 0 aliphatic heterocycles. The zero-order chi connectivity index (χ0) is 12.7. The summed E-state index contributed by atoms with van der Waals surface area (Å²) in [4.78, 5) is 0. The van der Waals surface area contributed by atoms with Crippen LogP contribution in [0.4, 0.5) is 0 Å². The van der Waals surface area contributed by atoms with Crippen molar-refractivity contribution < 1.29 is 0 Å². The van der Waals surface area contributed by atoms with Gasteiger partial charge < -0.3 is 0 Å². The molecule has 0 atom stereocenters. The maximum Gasteiger partial charge on any atom is 0.0447 e. The van der Waals surface area contributed by atoms with E-state index >= 15 is 0 Å². The van der Waals surface area contributed by atoms with E-state index in [2.05, 4.69) is 56.3 Å². The van der Waals surface area contributed by atoms with Gasteiger partial charge in [0.25, 0.3) is 0 Å². The molecule has 3 aromatic carbocycles. The summed E-state index contributed by atoms with van der Waals surface area (Å²) in [6.07, 6.45) is 0. The Morgan fingerprint density at radius 2 is 1.50 bits per heavy atom. The highest BCUT2D eigenvalue weighted by Crippen LogP contribution is 2.34. The third-order valence-corrected chi connectivity index (χ3v) is 3.78. The van der Waals surface area contributed by atoms with Gasteiger partial charge in [0.15, 0.2) is 0 Å². The van der Waals surface area contributed by atoms with E-state index in [-0.39, 0.29) is 0 Å². The quantitative estimate of drug-likeness (QED) is 0.484. The Morgan fingerprint density at radius 1 is 0.833 bits per heavy atom. The molecular weight excluding hydrogens is 240 g/mol. The average Bonchev–Trinajstić information content (AvgIpc) is 2.36. The Kier molecular flexibility index (Phi) is 2.76. The monoisotopic (exact) mass is 254 g/mol. The normalized spacial score (nSPS) is 11.6. The molecule has 3 aromatic rings. The molecule has 0 nitrogen and oxygen atoms in total. The van der Waals surface area contributed by atoms with Crippen LogP contribution in [-0.2, 0) is 0 Å². The Bertz CT molecular complexity index is 726. The standard InChI is InChI=1S/C17H15Cl/c1-11(2)17-15-10-13-6-4-3-5-12(13)9-14(15)7-8-16(17)18/h3-11H,1-2H3. The van der Waals surface area contributed by atoms with E-state index in [0.717, 1.165) is 5.02 Å². The molecule has 0 fully saturated rings. The molecule has 0 bridgehead atoms. The van der Waals surface area contributed by atoms with E-state index in [1.54, 1.807) is 0 Å². The lowest BCUT2D eigenvalue weighted by molar-refractivity contribution is 0.877. The minimum Gasteiger partial charge on any atom is -0.0840 e. The summed E-state index contributed by atoms with van der Waals surface area (Å²) in [5.41, 5.74) is 1.25. The van der Waals surface area contributed by atoms with Crippen molar-refractivity contribution in [3.63, 3.8) is 0 Å². The second-order valence-electron chi connectivity index (χ2n) is 5.04. The van der Waals surface area contributed by atoms with Crippen LogP contribution in [0.3, 0.4) is 0 Å². The lowest BCUT2D eigenvalue weighted by Crippen LogP contribution is -1.91. The minimum absolute atomic E-state index is 0.433. The van der Waals surface area contributed by atoms with Crippen LogP contribution in [0.15, 0.2) is 48.5 Å². The van der Waals surface area contributed by atoms with Crippen molar-refractivity contribution in [2.24, 2.45) is 0 Å². The molecule has 0 aliphatic rings. The molecule has 1 heteroatoms. The van der Waals surface area contributed by atoms with Crippen molar-refractivity contribution in [2.75, 3.05) is 0 Å². The van der Waals surface area contributed by atoms with Crippen LogP contribution in [-0.4, -0.2) is 0 Å². The van der Waals surface area contributed by atoms with Crippen LogP contribution >= 0.6 is 11.6 Å². The van der Waals surface area contributed by atoms with Crippen molar-refractivity contribution in [3.05, 3.63) is 59.1 Å². The number of rotatable bonds is 1. The van der Waals surface area contributed by atoms with E-state index in [4.69, 9.17) is 11.6 Å². The molecule has 3 rings (SSSR count). The Hall–Kier alpha value is -1.53. The van der Waals surface area contributed by atoms with Crippen molar-refractivity contribution >= 4 is 33.1 Å². The van der Waals surface area contributed by atoms with Gasteiger partial charge in [0.05, 0.1) is 0 Å². The second kappa shape index (κ2) is 4.29. The first-order chi connectivity index (χ1) is 8.66. The van der Waals surface area contributed by atoms with Gasteiger partial charge in [0.1, 0.15) is 0 Å². The van der Waals surface area contributed by atoms with E-state index in [0.29, 0.717) is 5.92 Å². The smallest absolute Gasteiger partial charge is 0.0447 e. The van der Waals surface area contributed by atoms with E-state index < -0.39 is 0 Å². The van der Waals surface area contributed by atoms with Gasteiger partial charge in [-0.05, 0) is 51.2 Å². The Balaban J connectivity index is 2.46. The third kappa shape index (κ3) is 1.77. The van der Waals surface area contributed by atoms with Crippen molar-refractivity contribution in [1.29, 1.82) is 0 Å². The summed E-state index contributed by atoms with van der Waals surface area (Å²) >= 11 is 6.35. The van der Waals surface area contributed by atoms with Crippen molar-refractivity contribution in [1.82, 2.24) is 0 Å². The maximum absolute atomic E-state index is 6.35. The van der Waals surface area contributed by atoms with Gasteiger partial charge in [0.2, 0.25) is 0 Å². The predicted octanol–water partition coefficient (Wildman–Crippen LogP) is 5.77. The molecule has 0 amide bonds. The van der Waals surface area contributed by atoms with E-state index in [1.807, 2.05) is 6.07 Å². The lowest BCUT2D eigenvalue weighted by atomic mass is 9.94. The fourth-order valence-corrected chi connectivity index (χ4v) is 2.98. The van der Waals surface area contributed by atoms with Crippen LogP contribution in [0.1, 0.15) is 25.3 Å². The molecule has 0 radical (unpaired) electrons. The summed E-state index contributed by atoms with van der Waals surface area (Å²) in [6.45, 7) is 4.38. The maximum atomic E-state index is 6.35. The molecule has 0 spiro atoms. The van der Waals surface area contributed by atoms with Crippen LogP contribution in [0.5, 0.6) is 0 Å². The van der Waals surface area contributed by atoms with Crippen molar-refractivity contribution in [3.8, 4) is 0 Å². The molecule has 0 heterocycles. The topological polar surface area (TPSA) is 0 Å². The molecule has 0 N–H and O–H groups in total. The average molecular weight is 255 g/mol. The molecule has 0 aromatic heterocycles. The molecule has 0 aliphatic carbocycles. The molecule has 18 heavy (non-hydrogen) atoms. The van der Waals surface area contributed by atoms with Gasteiger partial charge in [-0.15, -0.1) is 0 Å². The molecule has 0 saturated carbocycles. The molecule has 90 valence electrons. The van der Waals surface area contributed by atoms with Crippen LogP contribution in [0, 0.1) is 0 Å².